The van der Waals surface area contributed by atoms with E-state index in [0.29, 0.717) is 11.4 Å². The molecule has 0 aliphatic carbocycles. The van der Waals surface area contributed by atoms with Crippen molar-refractivity contribution in [1.82, 2.24) is 4.98 Å². The number of benzene rings is 2. The second kappa shape index (κ2) is 7.49. The second-order valence-electron chi connectivity index (χ2n) is 5.74. The van der Waals surface area contributed by atoms with Gasteiger partial charge in [-0.1, -0.05) is 24.3 Å². The van der Waals surface area contributed by atoms with Gasteiger partial charge < -0.3 is 10.2 Å². The van der Waals surface area contributed by atoms with Crippen LogP contribution in [0.25, 0.3) is 0 Å². The molecule has 0 spiro atoms. The normalized spacial score (nSPS) is 10.4. The van der Waals surface area contributed by atoms with Gasteiger partial charge in [-0.05, 0) is 64.8 Å². The van der Waals surface area contributed by atoms with Gasteiger partial charge in [0, 0.05) is 29.0 Å². The van der Waals surface area contributed by atoms with Gasteiger partial charge >= 0.3 is 0 Å². The highest BCUT2D eigenvalue weighted by Crippen LogP contribution is 2.26. The Morgan fingerprint density at radius 3 is 2.56 bits per heavy atom. The fraction of sp³-hybridized carbons (Fsp3) is 0.100. The highest BCUT2D eigenvalue weighted by Gasteiger charge is 2.14. The third-order valence-electron chi connectivity index (χ3n) is 3.84. The third-order valence-corrected chi connectivity index (χ3v) is 4.50. The molecule has 1 N–H and O–H groups in total. The van der Waals surface area contributed by atoms with E-state index in [1.165, 1.54) is 5.56 Å². The van der Waals surface area contributed by atoms with E-state index >= 15 is 0 Å². The van der Waals surface area contributed by atoms with E-state index in [4.69, 9.17) is 0 Å². The van der Waals surface area contributed by atoms with Gasteiger partial charge in [0.1, 0.15) is 5.82 Å². The quantitative estimate of drug-likeness (QED) is 0.662. The van der Waals surface area contributed by atoms with Crippen LogP contribution in [0.1, 0.15) is 15.9 Å². The molecule has 4 nitrogen and oxygen atoms in total. The number of para-hydroxylation sites is 1. The van der Waals surface area contributed by atoms with E-state index < -0.39 is 0 Å². The fourth-order valence-electron chi connectivity index (χ4n) is 2.45. The first-order valence-electron chi connectivity index (χ1n) is 7.87. The molecule has 0 bridgehead atoms. The highest BCUT2D eigenvalue weighted by atomic mass is 79.9. The van der Waals surface area contributed by atoms with Crippen molar-refractivity contribution in [1.29, 1.82) is 0 Å². The van der Waals surface area contributed by atoms with Gasteiger partial charge in [0.15, 0.2) is 0 Å². The monoisotopic (exact) mass is 395 g/mol. The summed E-state index contributed by atoms with van der Waals surface area (Å²) in [6.45, 7) is 2.03. The molecular formula is C20H18BrN3O. The Balaban J connectivity index is 1.82. The van der Waals surface area contributed by atoms with Crippen molar-refractivity contribution in [3.8, 4) is 0 Å². The Hall–Kier alpha value is -2.66. The molecule has 25 heavy (non-hydrogen) atoms. The van der Waals surface area contributed by atoms with Crippen LogP contribution in [0.2, 0.25) is 0 Å². The number of rotatable bonds is 4. The average Bonchev–Trinajstić information content (AvgIpc) is 2.64. The lowest BCUT2D eigenvalue weighted by molar-refractivity contribution is 0.0993. The summed E-state index contributed by atoms with van der Waals surface area (Å²) in [5.74, 6) is 0.538. The average molecular weight is 396 g/mol. The summed E-state index contributed by atoms with van der Waals surface area (Å²) in [6, 6.07) is 19.1. The summed E-state index contributed by atoms with van der Waals surface area (Å²) >= 11 is 3.54. The summed E-state index contributed by atoms with van der Waals surface area (Å²) in [7, 11) is 1.77. The van der Waals surface area contributed by atoms with Crippen molar-refractivity contribution in [2.45, 2.75) is 6.92 Å². The van der Waals surface area contributed by atoms with Gasteiger partial charge in [-0.3, -0.25) is 4.79 Å². The third kappa shape index (κ3) is 4.06. The first-order chi connectivity index (χ1) is 12.0. The number of nitrogens with one attached hydrogen (secondary N) is 1. The molecule has 0 aliphatic heterocycles. The zero-order chi connectivity index (χ0) is 17.8. The van der Waals surface area contributed by atoms with E-state index in [1.54, 1.807) is 30.3 Å². The largest absolute Gasteiger partial charge is 0.339 e. The van der Waals surface area contributed by atoms with Crippen LogP contribution in [0.4, 0.5) is 17.2 Å². The maximum absolute atomic E-state index is 12.7. The molecule has 0 aliphatic rings. The minimum absolute atomic E-state index is 0.0837. The lowest BCUT2D eigenvalue weighted by Crippen LogP contribution is -2.26. The molecule has 1 heterocycles. The molecule has 5 heteroatoms. The van der Waals surface area contributed by atoms with Crippen LogP contribution in [-0.2, 0) is 0 Å². The molecule has 1 aromatic heterocycles. The van der Waals surface area contributed by atoms with E-state index in [1.807, 2.05) is 55.5 Å². The number of aromatic nitrogens is 1. The number of pyridine rings is 1. The van der Waals surface area contributed by atoms with E-state index in [0.717, 1.165) is 15.8 Å². The van der Waals surface area contributed by atoms with Gasteiger partial charge in [0.05, 0.1) is 5.69 Å². The predicted molar refractivity (Wildman–Crippen MR) is 106 cm³/mol. The van der Waals surface area contributed by atoms with Crippen molar-refractivity contribution in [2.75, 3.05) is 17.3 Å². The number of hydrogen-bond acceptors (Lipinski definition) is 3. The SMILES string of the molecule is Cc1ccc(Nc2cc(C(=O)N(C)c3ccccc3)ccn2)c(Br)c1. The number of amides is 1. The maximum atomic E-state index is 12.7. The molecule has 0 atom stereocenters. The van der Waals surface area contributed by atoms with E-state index in [-0.39, 0.29) is 5.91 Å². The predicted octanol–water partition coefficient (Wildman–Crippen LogP) is 5.17. The van der Waals surface area contributed by atoms with Crippen molar-refractivity contribution >= 4 is 39.0 Å². The van der Waals surface area contributed by atoms with Gasteiger partial charge in [-0.25, -0.2) is 4.98 Å². The maximum Gasteiger partial charge on any atom is 0.258 e. The Morgan fingerprint density at radius 2 is 1.84 bits per heavy atom. The number of carbonyl (C=O) groups excluding carboxylic acids is 1. The van der Waals surface area contributed by atoms with Crippen molar-refractivity contribution in [3.05, 3.63) is 82.5 Å². The fourth-order valence-corrected chi connectivity index (χ4v) is 3.05. The molecule has 0 saturated carbocycles. The van der Waals surface area contributed by atoms with Crippen LogP contribution < -0.4 is 10.2 Å². The number of halogens is 1. The minimum atomic E-state index is -0.0837. The first kappa shape index (κ1) is 17.2. The van der Waals surface area contributed by atoms with Crippen molar-refractivity contribution < 1.29 is 4.79 Å². The molecule has 126 valence electrons. The van der Waals surface area contributed by atoms with E-state index in [2.05, 4.69) is 26.2 Å². The highest BCUT2D eigenvalue weighted by molar-refractivity contribution is 9.10. The lowest BCUT2D eigenvalue weighted by Gasteiger charge is -2.17. The molecule has 0 fully saturated rings. The molecule has 3 aromatic rings. The van der Waals surface area contributed by atoms with Crippen LogP contribution in [0, 0.1) is 6.92 Å². The summed E-state index contributed by atoms with van der Waals surface area (Å²) < 4.78 is 0.951. The summed E-state index contributed by atoms with van der Waals surface area (Å²) in [5, 5.41) is 3.24. The van der Waals surface area contributed by atoms with E-state index in [9.17, 15) is 4.79 Å². The Labute approximate surface area is 155 Å². The topological polar surface area (TPSA) is 45.2 Å². The Morgan fingerprint density at radius 1 is 1.08 bits per heavy atom. The zero-order valence-corrected chi connectivity index (χ0v) is 15.6. The van der Waals surface area contributed by atoms with Gasteiger partial charge in [0.2, 0.25) is 0 Å². The number of carbonyl (C=O) groups is 1. The van der Waals surface area contributed by atoms with Crippen LogP contribution in [-0.4, -0.2) is 17.9 Å². The standard InChI is InChI=1S/C20H18BrN3O/c1-14-8-9-18(17(21)12-14)23-19-13-15(10-11-22-19)20(25)24(2)16-6-4-3-5-7-16/h3-13H,1-2H3,(H,22,23). The molecule has 0 radical (unpaired) electrons. The number of hydrogen-bond donors (Lipinski definition) is 1. The van der Waals surface area contributed by atoms with Crippen molar-refractivity contribution in [2.24, 2.45) is 0 Å². The molecule has 0 unspecified atom stereocenters. The van der Waals surface area contributed by atoms with Crippen LogP contribution >= 0.6 is 15.9 Å². The number of nitrogens with zero attached hydrogens (tertiary/aromatic N) is 2. The molecular weight excluding hydrogens is 378 g/mol. The first-order valence-corrected chi connectivity index (χ1v) is 8.66. The summed E-state index contributed by atoms with van der Waals surface area (Å²) in [4.78, 5) is 18.7. The molecule has 3 rings (SSSR count). The van der Waals surface area contributed by atoms with Gasteiger partial charge in [-0.15, -0.1) is 0 Å². The lowest BCUT2D eigenvalue weighted by atomic mass is 10.2. The Kier molecular flexibility index (Phi) is 5.14. The van der Waals surface area contributed by atoms with Crippen LogP contribution in [0.3, 0.4) is 0 Å². The summed E-state index contributed by atoms with van der Waals surface area (Å²) in [5.41, 5.74) is 3.49. The van der Waals surface area contributed by atoms with Crippen molar-refractivity contribution in [3.63, 3.8) is 0 Å². The van der Waals surface area contributed by atoms with Gasteiger partial charge in [0.25, 0.3) is 5.91 Å². The van der Waals surface area contributed by atoms with Crippen LogP contribution in [0.15, 0.2) is 71.3 Å². The number of anilines is 3. The summed E-state index contributed by atoms with van der Waals surface area (Å²) in [6.07, 6.45) is 1.64. The van der Waals surface area contributed by atoms with Crippen LogP contribution in [0.5, 0.6) is 0 Å². The molecule has 1 amide bonds. The second-order valence-corrected chi connectivity index (χ2v) is 6.59. The molecule has 0 saturated heterocycles. The number of aryl methyl sites for hydroxylation is 1. The molecule has 2 aromatic carbocycles. The Bertz CT molecular complexity index is 896. The minimum Gasteiger partial charge on any atom is -0.339 e. The zero-order valence-electron chi connectivity index (χ0n) is 14.0. The smallest absolute Gasteiger partial charge is 0.258 e. The van der Waals surface area contributed by atoms with Gasteiger partial charge in [-0.2, -0.15) is 0 Å².